The Morgan fingerprint density at radius 3 is 2.87 bits per heavy atom. The molecule has 0 aliphatic carbocycles. The largest absolute Gasteiger partial charge is 0.472 e. The summed E-state index contributed by atoms with van der Waals surface area (Å²) in [5.41, 5.74) is 7.40. The summed E-state index contributed by atoms with van der Waals surface area (Å²) in [6.45, 7) is 7.06. The van der Waals surface area contributed by atoms with Crippen LogP contribution in [0, 0.1) is 6.92 Å². The second-order valence-electron chi connectivity index (χ2n) is 3.47. The van der Waals surface area contributed by atoms with Gasteiger partial charge in [-0.15, -0.1) is 0 Å². The van der Waals surface area contributed by atoms with Crippen LogP contribution in [0.25, 0.3) is 0 Å². The average molecular weight is 210 g/mol. The molecule has 0 aromatic carbocycles. The molecule has 1 unspecified atom stereocenters. The van der Waals surface area contributed by atoms with Crippen molar-refractivity contribution in [3.05, 3.63) is 17.8 Å². The maximum Gasteiger partial charge on any atom is 0.215 e. The fourth-order valence-corrected chi connectivity index (χ4v) is 1.11. The van der Waals surface area contributed by atoms with Gasteiger partial charge in [-0.3, -0.25) is 0 Å². The molecule has 1 atom stereocenters. The summed E-state index contributed by atoms with van der Waals surface area (Å²) in [4.78, 5) is 4.13. The molecule has 0 aliphatic heterocycles. The molecule has 1 aromatic rings. The zero-order chi connectivity index (χ0) is 11.3. The van der Waals surface area contributed by atoms with E-state index in [9.17, 15) is 0 Å². The molecule has 1 heterocycles. The van der Waals surface area contributed by atoms with Crippen molar-refractivity contribution in [3.8, 4) is 5.88 Å². The lowest BCUT2D eigenvalue weighted by Gasteiger charge is -2.14. The minimum atomic E-state index is -0.0143. The number of nitrogen functional groups attached to an aromatic ring is 1. The highest BCUT2D eigenvalue weighted by atomic mass is 16.5. The molecule has 15 heavy (non-hydrogen) atoms. The Kier molecular flexibility index (Phi) is 4.37. The van der Waals surface area contributed by atoms with Crippen LogP contribution in [0.4, 0.5) is 5.69 Å². The molecule has 0 fully saturated rings. The summed E-state index contributed by atoms with van der Waals surface area (Å²) in [5.74, 6) is 0.547. The maximum absolute atomic E-state index is 5.75. The van der Waals surface area contributed by atoms with Gasteiger partial charge in [-0.1, -0.05) is 0 Å². The number of anilines is 1. The van der Waals surface area contributed by atoms with Crippen molar-refractivity contribution in [2.75, 3.05) is 18.9 Å². The number of nitrogens with two attached hydrogens (primary N) is 1. The highest BCUT2D eigenvalue weighted by Gasteiger charge is 2.05. The second-order valence-corrected chi connectivity index (χ2v) is 3.47. The van der Waals surface area contributed by atoms with Crippen molar-refractivity contribution in [3.63, 3.8) is 0 Å². The Balaban J connectivity index is 2.53. The van der Waals surface area contributed by atoms with Gasteiger partial charge in [0.2, 0.25) is 5.88 Å². The quantitative estimate of drug-likeness (QED) is 0.804. The molecule has 84 valence electrons. The lowest BCUT2D eigenvalue weighted by molar-refractivity contribution is 0.0634. The number of ether oxygens (including phenoxy) is 2. The van der Waals surface area contributed by atoms with Crippen LogP contribution in [0.3, 0.4) is 0 Å². The summed E-state index contributed by atoms with van der Waals surface area (Å²) >= 11 is 0. The Labute approximate surface area is 90.4 Å². The monoisotopic (exact) mass is 210 g/mol. The first-order valence-corrected chi connectivity index (χ1v) is 5.10. The third kappa shape index (κ3) is 3.75. The predicted molar refractivity (Wildman–Crippen MR) is 60.0 cm³/mol. The molecular weight excluding hydrogens is 192 g/mol. The molecule has 0 saturated carbocycles. The third-order valence-electron chi connectivity index (χ3n) is 2.00. The van der Waals surface area contributed by atoms with Crippen molar-refractivity contribution >= 4 is 5.69 Å². The molecule has 0 spiro atoms. The molecule has 1 rings (SSSR count). The van der Waals surface area contributed by atoms with Crippen LogP contribution < -0.4 is 10.5 Å². The van der Waals surface area contributed by atoms with Crippen LogP contribution in [-0.2, 0) is 4.74 Å². The van der Waals surface area contributed by atoms with Crippen molar-refractivity contribution in [1.29, 1.82) is 0 Å². The van der Waals surface area contributed by atoms with E-state index in [1.807, 2.05) is 20.8 Å². The number of aryl methyl sites for hydroxylation is 1. The zero-order valence-electron chi connectivity index (χ0n) is 9.49. The van der Waals surface area contributed by atoms with Crippen molar-refractivity contribution < 1.29 is 9.47 Å². The summed E-state index contributed by atoms with van der Waals surface area (Å²) in [6, 6.07) is 1.73. The number of hydrogen-bond donors (Lipinski definition) is 1. The Morgan fingerprint density at radius 1 is 1.53 bits per heavy atom. The Bertz CT molecular complexity index is 315. The first-order chi connectivity index (χ1) is 7.13. The van der Waals surface area contributed by atoms with Gasteiger partial charge in [0, 0.05) is 24.6 Å². The van der Waals surface area contributed by atoms with Crippen molar-refractivity contribution in [1.82, 2.24) is 4.98 Å². The van der Waals surface area contributed by atoms with Gasteiger partial charge in [0.1, 0.15) is 6.10 Å². The number of pyridine rings is 1. The van der Waals surface area contributed by atoms with Crippen LogP contribution in [-0.4, -0.2) is 24.3 Å². The van der Waals surface area contributed by atoms with Gasteiger partial charge in [-0.25, -0.2) is 4.98 Å². The van der Waals surface area contributed by atoms with Gasteiger partial charge in [0.25, 0.3) is 0 Å². The van der Waals surface area contributed by atoms with E-state index < -0.39 is 0 Å². The van der Waals surface area contributed by atoms with Gasteiger partial charge in [-0.05, 0) is 26.3 Å². The van der Waals surface area contributed by atoms with E-state index >= 15 is 0 Å². The predicted octanol–water partition coefficient (Wildman–Crippen LogP) is 1.78. The fraction of sp³-hybridized carbons (Fsp3) is 0.545. The second kappa shape index (κ2) is 5.56. The molecular formula is C11H18N2O2. The van der Waals surface area contributed by atoms with Gasteiger partial charge < -0.3 is 15.2 Å². The molecule has 2 N–H and O–H groups in total. The van der Waals surface area contributed by atoms with E-state index in [0.717, 1.165) is 5.56 Å². The standard InChI is InChI=1S/C11H18N2O2/c1-4-14-7-9(3)15-11-5-10(12)8(2)6-13-11/h5-6,9H,4,7H2,1-3H3,(H2,12,13). The molecule has 1 aromatic heterocycles. The molecule has 0 saturated heterocycles. The van der Waals surface area contributed by atoms with Crippen molar-refractivity contribution in [2.24, 2.45) is 0 Å². The Hall–Kier alpha value is -1.29. The maximum atomic E-state index is 5.75. The van der Waals surface area contributed by atoms with E-state index in [0.29, 0.717) is 24.8 Å². The molecule has 4 nitrogen and oxygen atoms in total. The van der Waals surface area contributed by atoms with Crippen LogP contribution in [0.15, 0.2) is 12.3 Å². The van der Waals surface area contributed by atoms with Crippen LogP contribution in [0.1, 0.15) is 19.4 Å². The molecule has 0 bridgehead atoms. The molecule has 4 heteroatoms. The summed E-state index contributed by atoms with van der Waals surface area (Å²) < 4.78 is 10.8. The summed E-state index contributed by atoms with van der Waals surface area (Å²) in [6.07, 6.45) is 1.69. The Morgan fingerprint density at radius 2 is 2.27 bits per heavy atom. The van der Waals surface area contributed by atoms with Gasteiger partial charge >= 0.3 is 0 Å². The van der Waals surface area contributed by atoms with E-state index in [4.69, 9.17) is 15.2 Å². The zero-order valence-corrected chi connectivity index (χ0v) is 9.49. The molecule has 0 amide bonds. The molecule has 0 radical (unpaired) electrons. The highest BCUT2D eigenvalue weighted by Crippen LogP contribution is 2.16. The number of hydrogen-bond acceptors (Lipinski definition) is 4. The van der Waals surface area contributed by atoms with Crippen molar-refractivity contribution in [2.45, 2.75) is 26.9 Å². The van der Waals surface area contributed by atoms with Crippen LogP contribution >= 0.6 is 0 Å². The number of rotatable bonds is 5. The van der Waals surface area contributed by atoms with Gasteiger partial charge in [0.15, 0.2) is 0 Å². The van der Waals surface area contributed by atoms with E-state index in [-0.39, 0.29) is 6.10 Å². The third-order valence-corrected chi connectivity index (χ3v) is 2.00. The number of aromatic nitrogens is 1. The van der Waals surface area contributed by atoms with E-state index in [1.54, 1.807) is 12.3 Å². The van der Waals surface area contributed by atoms with Gasteiger partial charge in [-0.2, -0.15) is 0 Å². The summed E-state index contributed by atoms with van der Waals surface area (Å²) in [7, 11) is 0. The number of nitrogens with zero attached hydrogens (tertiary/aromatic N) is 1. The lowest BCUT2D eigenvalue weighted by atomic mass is 10.3. The lowest BCUT2D eigenvalue weighted by Crippen LogP contribution is -2.19. The topological polar surface area (TPSA) is 57.4 Å². The minimum Gasteiger partial charge on any atom is -0.472 e. The van der Waals surface area contributed by atoms with Gasteiger partial charge in [0.05, 0.1) is 6.61 Å². The highest BCUT2D eigenvalue weighted by molar-refractivity contribution is 5.47. The SMILES string of the molecule is CCOCC(C)Oc1cc(N)c(C)cn1. The van der Waals surface area contributed by atoms with Crippen LogP contribution in [0.5, 0.6) is 5.88 Å². The molecule has 0 aliphatic rings. The minimum absolute atomic E-state index is 0.0143. The smallest absolute Gasteiger partial charge is 0.215 e. The first-order valence-electron chi connectivity index (χ1n) is 5.10. The van der Waals surface area contributed by atoms with E-state index in [1.165, 1.54) is 0 Å². The fourth-order valence-electron chi connectivity index (χ4n) is 1.11. The summed E-state index contributed by atoms with van der Waals surface area (Å²) in [5, 5.41) is 0. The van der Waals surface area contributed by atoms with E-state index in [2.05, 4.69) is 4.98 Å². The average Bonchev–Trinajstić information content (AvgIpc) is 2.20. The normalized spacial score (nSPS) is 12.5. The first kappa shape index (κ1) is 11.8. The van der Waals surface area contributed by atoms with Crippen LogP contribution in [0.2, 0.25) is 0 Å².